The zero-order chi connectivity index (χ0) is 20.8. The van der Waals surface area contributed by atoms with Crippen LogP contribution in [0.25, 0.3) is 0 Å². The molecule has 2 fully saturated rings. The molecule has 0 bridgehead atoms. The number of nitrogens with one attached hydrogen (secondary N) is 2. The number of piperazine rings is 1. The van der Waals surface area contributed by atoms with Gasteiger partial charge in [0.1, 0.15) is 0 Å². The lowest BCUT2D eigenvalue weighted by Gasteiger charge is -2.36. The molecule has 0 radical (unpaired) electrons. The second-order valence-electron chi connectivity index (χ2n) is 8.12. The van der Waals surface area contributed by atoms with Gasteiger partial charge in [0.2, 0.25) is 11.8 Å². The third-order valence-electron chi connectivity index (χ3n) is 5.91. The number of carbonyl (C=O) groups is 3. The van der Waals surface area contributed by atoms with Crippen molar-refractivity contribution in [3.8, 4) is 0 Å². The number of hydrogen-bond donors (Lipinski definition) is 2. The molecule has 0 aromatic heterocycles. The van der Waals surface area contributed by atoms with Gasteiger partial charge in [-0.05, 0) is 37.5 Å². The van der Waals surface area contributed by atoms with E-state index in [4.69, 9.17) is 0 Å². The zero-order valence-electron chi connectivity index (χ0n) is 17.5. The highest BCUT2D eigenvalue weighted by molar-refractivity contribution is 5.97. The van der Waals surface area contributed by atoms with Crippen LogP contribution in [0.5, 0.6) is 0 Å². The first-order chi connectivity index (χ1) is 13.9. The molecule has 1 heterocycles. The number of anilines is 1. The summed E-state index contributed by atoms with van der Waals surface area (Å²) >= 11 is 0. The molecule has 0 unspecified atom stereocenters. The van der Waals surface area contributed by atoms with Crippen molar-refractivity contribution in [2.24, 2.45) is 5.92 Å². The third-order valence-corrected chi connectivity index (χ3v) is 5.91. The Balaban J connectivity index is 1.41. The van der Waals surface area contributed by atoms with Crippen LogP contribution in [0, 0.1) is 12.8 Å². The van der Waals surface area contributed by atoms with Gasteiger partial charge in [-0.25, -0.2) is 0 Å². The van der Waals surface area contributed by atoms with Crippen LogP contribution in [0.1, 0.15) is 48.5 Å². The molecular weight excluding hydrogens is 368 g/mol. The topological polar surface area (TPSA) is 81.8 Å². The molecule has 29 heavy (non-hydrogen) atoms. The highest BCUT2D eigenvalue weighted by atomic mass is 16.2. The highest BCUT2D eigenvalue weighted by Crippen LogP contribution is 2.26. The van der Waals surface area contributed by atoms with Gasteiger partial charge in [0, 0.05) is 63.4 Å². The maximum Gasteiger partial charge on any atom is 0.251 e. The average Bonchev–Trinajstić information content (AvgIpc) is 3.24. The minimum absolute atomic E-state index is 0.147. The summed E-state index contributed by atoms with van der Waals surface area (Å²) in [6.07, 6.45) is 4.47. The molecule has 1 saturated heterocycles. The smallest absolute Gasteiger partial charge is 0.251 e. The molecule has 0 spiro atoms. The number of carbonyl (C=O) groups excluding carboxylic acids is 3. The van der Waals surface area contributed by atoms with E-state index in [-0.39, 0.29) is 17.7 Å². The molecule has 1 aromatic rings. The molecule has 2 aliphatic rings. The van der Waals surface area contributed by atoms with Crippen LogP contribution in [0.2, 0.25) is 0 Å². The van der Waals surface area contributed by atoms with E-state index in [9.17, 15) is 14.4 Å². The van der Waals surface area contributed by atoms with Crippen LogP contribution in [-0.4, -0.2) is 66.8 Å². The molecule has 158 valence electrons. The van der Waals surface area contributed by atoms with Crippen molar-refractivity contribution < 1.29 is 14.4 Å². The number of amides is 3. The minimum atomic E-state index is -0.156. The number of rotatable bonds is 6. The normalized spacial score (nSPS) is 17.9. The number of aryl methyl sites for hydroxylation is 1. The summed E-state index contributed by atoms with van der Waals surface area (Å²) in [4.78, 5) is 40.5. The lowest BCUT2D eigenvalue weighted by Crippen LogP contribution is -2.51. The van der Waals surface area contributed by atoms with E-state index in [1.165, 1.54) is 19.8 Å². The first-order valence-electron chi connectivity index (χ1n) is 10.6. The fourth-order valence-electron chi connectivity index (χ4n) is 4.14. The Labute approximate surface area is 172 Å². The predicted octanol–water partition coefficient (Wildman–Crippen LogP) is 2.02. The van der Waals surface area contributed by atoms with Gasteiger partial charge in [0.05, 0.1) is 0 Å². The van der Waals surface area contributed by atoms with E-state index < -0.39 is 0 Å². The van der Waals surface area contributed by atoms with Crippen LogP contribution >= 0.6 is 0 Å². The molecular formula is C22H32N4O3. The van der Waals surface area contributed by atoms with Crippen molar-refractivity contribution in [1.82, 2.24) is 15.1 Å². The highest BCUT2D eigenvalue weighted by Gasteiger charge is 2.29. The Morgan fingerprint density at radius 1 is 1.07 bits per heavy atom. The van der Waals surface area contributed by atoms with Crippen LogP contribution in [0.4, 0.5) is 5.69 Å². The zero-order valence-corrected chi connectivity index (χ0v) is 17.5. The van der Waals surface area contributed by atoms with Crippen molar-refractivity contribution in [1.29, 1.82) is 0 Å². The summed E-state index contributed by atoms with van der Waals surface area (Å²) in [6.45, 7) is 7.93. The molecule has 1 aliphatic carbocycles. The molecule has 0 atom stereocenters. The number of benzene rings is 1. The van der Waals surface area contributed by atoms with Gasteiger partial charge in [0.25, 0.3) is 5.91 Å². The minimum Gasteiger partial charge on any atom is -0.351 e. The standard InChI is InChI=1S/C22H32N4O3/c1-16-7-8-19(15-20(16)24-17(2)27)21(28)23-9-10-25-11-13-26(14-12-25)22(29)18-5-3-4-6-18/h7-8,15,18H,3-6,9-14H2,1-2H3,(H,23,28)(H,24,27). The molecule has 2 N–H and O–H groups in total. The van der Waals surface area contributed by atoms with Gasteiger partial charge in [-0.3, -0.25) is 19.3 Å². The Kier molecular flexibility index (Phi) is 7.25. The fraction of sp³-hybridized carbons (Fsp3) is 0.591. The molecule has 3 amide bonds. The van der Waals surface area contributed by atoms with E-state index in [0.29, 0.717) is 23.7 Å². The molecule has 1 saturated carbocycles. The van der Waals surface area contributed by atoms with E-state index in [2.05, 4.69) is 15.5 Å². The summed E-state index contributed by atoms with van der Waals surface area (Å²) in [7, 11) is 0. The SMILES string of the molecule is CC(=O)Nc1cc(C(=O)NCCN2CCN(C(=O)C3CCCC3)CC2)ccc1C. The first kappa shape index (κ1) is 21.3. The van der Waals surface area contributed by atoms with Gasteiger partial charge in [-0.2, -0.15) is 0 Å². The summed E-state index contributed by atoms with van der Waals surface area (Å²) in [5.41, 5.74) is 2.11. The van der Waals surface area contributed by atoms with Crippen molar-refractivity contribution in [2.45, 2.75) is 39.5 Å². The summed E-state index contributed by atoms with van der Waals surface area (Å²) in [6, 6.07) is 5.31. The Hall–Kier alpha value is -2.41. The maximum atomic E-state index is 12.5. The number of nitrogens with zero attached hydrogens (tertiary/aromatic N) is 2. The average molecular weight is 401 g/mol. The molecule has 1 aromatic carbocycles. The van der Waals surface area contributed by atoms with Crippen LogP contribution in [0.3, 0.4) is 0 Å². The molecule has 7 heteroatoms. The van der Waals surface area contributed by atoms with Gasteiger partial charge in [0.15, 0.2) is 0 Å². The first-order valence-corrected chi connectivity index (χ1v) is 10.6. The van der Waals surface area contributed by atoms with Crippen LogP contribution in [-0.2, 0) is 9.59 Å². The van der Waals surface area contributed by atoms with Gasteiger partial charge < -0.3 is 15.5 Å². The van der Waals surface area contributed by atoms with E-state index in [1.807, 2.05) is 17.9 Å². The van der Waals surface area contributed by atoms with Crippen molar-refractivity contribution >= 4 is 23.4 Å². The van der Waals surface area contributed by atoms with E-state index >= 15 is 0 Å². The third kappa shape index (κ3) is 5.79. The van der Waals surface area contributed by atoms with E-state index in [0.717, 1.165) is 51.1 Å². The number of hydrogen-bond acceptors (Lipinski definition) is 4. The second-order valence-corrected chi connectivity index (χ2v) is 8.12. The van der Waals surface area contributed by atoms with Crippen molar-refractivity contribution in [3.05, 3.63) is 29.3 Å². The lowest BCUT2D eigenvalue weighted by atomic mass is 10.1. The Morgan fingerprint density at radius 2 is 1.76 bits per heavy atom. The molecule has 1 aliphatic heterocycles. The molecule has 7 nitrogen and oxygen atoms in total. The lowest BCUT2D eigenvalue weighted by molar-refractivity contribution is -0.137. The largest absolute Gasteiger partial charge is 0.351 e. The van der Waals surface area contributed by atoms with Crippen molar-refractivity contribution in [2.75, 3.05) is 44.6 Å². The van der Waals surface area contributed by atoms with Crippen LogP contribution < -0.4 is 10.6 Å². The summed E-state index contributed by atoms with van der Waals surface area (Å²) in [5, 5.41) is 5.70. The fourth-order valence-corrected chi connectivity index (χ4v) is 4.14. The monoisotopic (exact) mass is 400 g/mol. The second kappa shape index (κ2) is 9.87. The summed E-state index contributed by atoms with van der Waals surface area (Å²) < 4.78 is 0. The molecule has 3 rings (SSSR count). The Morgan fingerprint density at radius 3 is 2.41 bits per heavy atom. The summed E-state index contributed by atoms with van der Waals surface area (Å²) in [5.74, 6) is 0.283. The van der Waals surface area contributed by atoms with Crippen LogP contribution in [0.15, 0.2) is 18.2 Å². The van der Waals surface area contributed by atoms with Crippen molar-refractivity contribution in [3.63, 3.8) is 0 Å². The van der Waals surface area contributed by atoms with Gasteiger partial charge in [-0.15, -0.1) is 0 Å². The predicted molar refractivity (Wildman–Crippen MR) is 113 cm³/mol. The maximum absolute atomic E-state index is 12.5. The van der Waals surface area contributed by atoms with E-state index in [1.54, 1.807) is 12.1 Å². The Bertz CT molecular complexity index is 750. The van der Waals surface area contributed by atoms with Gasteiger partial charge in [-0.1, -0.05) is 18.9 Å². The van der Waals surface area contributed by atoms with Gasteiger partial charge >= 0.3 is 0 Å². The quantitative estimate of drug-likeness (QED) is 0.765.